The van der Waals surface area contributed by atoms with Crippen molar-refractivity contribution in [2.75, 3.05) is 31.6 Å². The van der Waals surface area contributed by atoms with Crippen molar-refractivity contribution in [2.24, 2.45) is 5.92 Å². The third kappa shape index (κ3) is 4.27. The van der Waals surface area contributed by atoms with Gasteiger partial charge in [-0.2, -0.15) is 11.8 Å². The Morgan fingerprint density at radius 3 is 2.81 bits per heavy atom. The third-order valence-corrected chi connectivity index (χ3v) is 4.57. The number of hydrogen-bond donors (Lipinski definition) is 1. The Kier molecular flexibility index (Phi) is 6.78. The van der Waals surface area contributed by atoms with Gasteiger partial charge in [0.25, 0.3) is 0 Å². The summed E-state index contributed by atoms with van der Waals surface area (Å²) in [7, 11) is 0. The molecule has 1 N–H and O–H groups in total. The first kappa shape index (κ1) is 14.3. The Hall–Kier alpha value is 0.270. The molecule has 1 aliphatic rings. The van der Waals surface area contributed by atoms with E-state index in [0.717, 1.165) is 12.0 Å². The SMILES string of the molecule is CCC(C)C1CN(C(C)CCSC)CCN1. The van der Waals surface area contributed by atoms with Gasteiger partial charge in [-0.1, -0.05) is 20.3 Å². The molecule has 0 aromatic rings. The van der Waals surface area contributed by atoms with Crippen LogP contribution in [0.5, 0.6) is 0 Å². The molecule has 0 radical (unpaired) electrons. The van der Waals surface area contributed by atoms with Crippen LogP contribution in [0.15, 0.2) is 0 Å². The van der Waals surface area contributed by atoms with E-state index in [-0.39, 0.29) is 0 Å². The monoisotopic (exact) mass is 244 g/mol. The quantitative estimate of drug-likeness (QED) is 0.772. The molecule has 16 heavy (non-hydrogen) atoms. The van der Waals surface area contributed by atoms with Gasteiger partial charge in [-0.3, -0.25) is 4.90 Å². The van der Waals surface area contributed by atoms with E-state index in [4.69, 9.17) is 0 Å². The van der Waals surface area contributed by atoms with Crippen LogP contribution in [0.2, 0.25) is 0 Å². The zero-order valence-corrected chi connectivity index (χ0v) is 12.1. The lowest BCUT2D eigenvalue weighted by Gasteiger charge is -2.39. The second-order valence-electron chi connectivity index (χ2n) is 5.07. The first-order valence-electron chi connectivity index (χ1n) is 6.65. The first-order valence-corrected chi connectivity index (χ1v) is 8.04. The normalized spacial score (nSPS) is 26.6. The van der Waals surface area contributed by atoms with Gasteiger partial charge in [0.15, 0.2) is 0 Å². The smallest absolute Gasteiger partial charge is 0.0221 e. The number of piperazine rings is 1. The van der Waals surface area contributed by atoms with Gasteiger partial charge in [0, 0.05) is 31.7 Å². The summed E-state index contributed by atoms with van der Waals surface area (Å²) in [5.41, 5.74) is 0. The predicted octanol–water partition coefficient (Wildman–Crippen LogP) is 2.45. The fraction of sp³-hybridized carbons (Fsp3) is 1.00. The lowest BCUT2D eigenvalue weighted by Crippen LogP contribution is -2.55. The van der Waals surface area contributed by atoms with E-state index in [9.17, 15) is 0 Å². The maximum absolute atomic E-state index is 3.66. The lowest BCUT2D eigenvalue weighted by atomic mass is 9.96. The van der Waals surface area contributed by atoms with Crippen LogP contribution in [0.1, 0.15) is 33.6 Å². The first-order chi connectivity index (χ1) is 7.69. The van der Waals surface area contributed by atoms with Crippen molar-refractivity contribution in [3.63, 3.8) is 0 Å². The van der Waals surface area contributed by atoms with Crippen LogP contribution in [0.3, 0.4) is 0 Å². The van der Waals surface area contributed by atoms with Gasteiger partial charge < -0.3 is 5.32 Å². The molecule has 0 amide bonds. The lowest BCUT2D eigenvalue weighted by molar-refractivity contribution is 0.128. The van der Waals surface area contributed by atoms with Gasteiger partial charge in [0.2, 0.25) is 0 Å². The summed E-state index contributed by atoms with van der Waals surface area (Å²) in [5, 5.41) is 3.66. The van der Waals surface area contributed by atoms with Crippen LogP contribution in [0.25, 0.3) is 0 Å². The Bertz CT molecular complexity index is 187. The van der Waals surface area contributed by atoms with Crippen LogP contribution in [-0.4, -0.2) is 48.6 Å². The van der Waals surface area contributed by atoms with E-state index in [0.29, 0.717) is 6.04 Å². The van der Waals surface area contributed by atoms with Gasteiger partial charge >= 0.3 is 0 Å². The maximum atomic E-state index is 3.66. The highest BCUT2D eigenvalue weighted by atomic mass is 32.2. The van der Waals surface area contributed by atoms with Gasteiger partial charge in [-0.25, -0.2) is 0 Å². The molecule has 1 heterocycles. The van der Waals surface area contributed by atoms with Gasteiger partial charge in [-0.15, -0.1) is 0 Å². The molecule has 3 unspecified atom stereocenters. The van der Waals surface area contributed by atoms with Crippen LogP contribution in [0, 0.1) is 5.92 Å². The number of hydrogen-bond acceptors (Lipinski definition) is 3. The summed E-state index contributed by atoms with van der Waals surface area (Å²) in [6.45, 7) is 10.7. The fourth-order valence-electron chi connectivity index (χ4n) is 2.34. The molecule has 1 rings (SSSR count). The third-order valence-electron chi connectivity index (χ3n) is 3.93. The minimum atomic E-state index is 0.704. The summed E-state index contributed by atoms with van der Waals surface area (Å²) in [5.74, 6) is 2.09. The Morgan fingerprint density at radius 1 is 1.44 bits per heavy atom. The fourth-order valence-corrected chi connectivity index (χ4v) is 2.92. The molecule has 1 aliphatic heterocycles. The van der Waals surface area contributed by atoms with Crippen molar-refractivity contribution < 1.29 is 0 Å². The van der Waals surface area contributed by atoms with E-state index in [2.05, 4.69) is 37.2 Å². The minimum absolute atomic E-state index is 0.704. The average Bonchev–Trinajstić information content (AvgIpc) is 2.35. The topological polar surface area (TPSA) is 15.3 Å². The van der Waals surface area contributed by atoms with Gasteiger partial charge in [0.05, 0.1) is 0 Å². The van der Waals surface area contributed by atoms with Crippen molar-refractivity contribution >= 4 is 11.8 Å². The summed E-state index contributed by atoms with van der Waals surface area (Å²) < 4.78 is 0. The molecule has 1 saturated heterocycles. The van der Waals surface area contributed by atoms with Crippen molar-refractivity contribution in [3.8, 4) is 0 Å². The predicted molar refractivity (Wildman–Crippen MR) is 75.3 cm³/mol. The molecule has 3 atom stereocenters. The maximum Gasteiger partial charge on any atom is 0.0221 e. The largest absolute Gasteiger partial charge is 0.311 e. The van der Waals surface area contributed by atoms with Gasteiger partial charge in [0.1, 0.15) is 0 Å². The molecule has 0 aliphatic carbocycles. The van der Waals surface area contributed by atoms with Crippen LogP contribution in [-0.2, 0) is 0 Å². The molecule has 2 nitrogen and oxygen atoms in total. The standard InChI is InChI=1S/C13H28N2S/c1-5-11(2)13-10-15(8-7-14-13)12(3)6-9-16-4/h11-14H,5-10H2,1-4H3. The van der Waals surface area contributed by atoms with E-state index in [1.54, 1.807) is 0 Å². The molecule has 96 valence electrons. The zero-order chi connectivity index (χ0) is 12.0. The Balaban J connectivity index is 2.37. The number of thioether (sulfide) groups is 1. The van der Waals surface area contributed by atoms with Crippen LogP contribution in [0.4, 0.5) is 0 Å². The molecular weight excluding hydrogens is 216 g/mol. The molecule has 0 spiro atoms. The van der Waals surface area contributed by atoms with E-state index < -0.39 is 0 Å². The number of nitrogens with zero attached hydrogens (tertiary/aromatic N) is 1. The number of rotatable bonds is 6. The number of nitrogens with one attached hydrogen (secondary N) is 1. The summed E-state index contributed by atoms with van der Waals surface area (Å²) in [6.07, 6.45) is 4.81. The molecule has 3 heteroatoms. The molecular formula is C13H28N2S. The zero-order valence-electron chi connectivity index (χ0n) is 11.3. The van der Waals surface area contributed by atoms with E-state index >= 15 is 0 Å². The highest BCUT2D eigenvalue weighted by Gasteiger charge is 2.25. The van der Waals surface area contributed by atoms with E-state index in [1.807, 2.05) is 11.8 Å². The summed E-state index contributed by atoms with van der Waals surface area (Å²) >= 11 is 1.96. The second-order valence-corrected chi connectivity index (χ2v) is 6.06. The second kappa shape index (κ2) is 7.57. The molecule has 1 fully saturated rings. The molecule has 0 saturated carbocycles. The summed E-state index contributed by atoms with van der Waals surface area (Å²) in [4.78, 5) is 2.67. The highest BCUT2D eigenvalue weighted by Crippen LogP contribution is 2.16. The minimum Gasteiger partial charge on any atom is -0.311 e. The average molecular weight is 244 g/mol. The van der Waals surface area contributed by atoms with Crippen molar-refractivity contribution in [1.29, 1.82) is 0 Å². The molecule has 0 aromatic heterocycles. The van der Waals surface area contributed by atoms with Crippen LogP contribution < -0.4 is 5.32 Å². The van der Waals surface area contributed by atoms with Crippen molar-refractivity contribution in [1.82, 2.24) is 10.2 Å². The molecule has 0 bridgehead atoms. The van der Waals surface area contributed by atoms with Crippen molar-refractivity contribution in [2.45, 2.75) is 45.7 Å². The van der Waals surface area contributed by atoms with Crippen molar-refractivity contribution in [3.05, 3.63) is 0 Å². The Morgan fingerprint density at radius 2 is 2.19 bits per heavy atom. The van der Waals surface area contributed by atoms with E-state index in [1.165, 1.54) is 38.2 Å². The van der Waals surface area contributed by atoms with Crippen LogP contribution >= 0.6 is 11.8 Å². The Labute approximate surface area is 106 Å². The van der Waals surface area contributed by atoms with Gasteiger partial charge in [-0.05, 0) is 31.3 Å². The highest BCUT2D eigenvalue weighted by molar-refractivity contribution is 7.98. The summed E-state index contributed by atoms with van der Waals surface area (Å²) in [6, 6.07) is 1.46. The molecule has 0 aromatic carbocycles.